The number of nitrogens with one attached hydrogen (secondary N) is 1. The summed E-state index contributed by atoms with van der Waals surface area (Å²) in [5.74, 6) is 0. The molecule has 0 aromatic heterocycles. The molecule has 0 aromatic carbocycles. The summed E-state index contributed by atoms with van der Waals surface area (Å²) >= 11 is 0. The van der Waals surface area contributed by atoms with E-state index in [2.05, 4.69) is 12.2 Å². The van der Waals surface area contributed by atoms with Crippen LogP contribution in [0.5, 0.6) is 0 Å². The summed E-state index contributed by atoms with van der Waals surface area (Å²) in [6.45, 7) is 4.98. The van der Waals surface area contributed by atoms with Gasteiger partial charge in [0.25, 0.3) is 0 Å². The maximum absolute atomic E-state index is 8.74. The average molecular weight is 223 g/mol. The summed E-state index contributed by atoms with van der Waals surface area (Å²) < 4.78 is 36.8. The first-order valence-electron chi connectivity index (χ1n) is 3.42. The van der Waals surface area contributed by atoms with Crippen molar-refractivity contribution in [2.24, 2.45) is 0 Å². The van der Waals surface area contributed by atoms with Crippen molar-refractivity contribution in [1.82, 2.24) is 5.32 Å². The Morgan fingerprint density at radius 1 is 1.46 bits per heavy atom. The summed E-state index contributed by atoms with van der Waals surface area (Å²) in [5.41, 5.74) is 0. The summed E-state index contributed by atoms with van der Waals surface area (Å²) in [6.07, 6.45) is 0.425. The van der Waals surface area contributed by atoms with Crippen LogP contribution in [0.3, 0.4) is 0 Å². The van der Waals surface area contributed by atoms with Gasteiger partial charge in [0.1, 0.15) is 0 Å². The van der Waals surface area contributed by atoms with Gasteiger partial charge < -0.3 is 10.1 Å². The molecule has 0 bridgehead atoms. The SMILES string of the molecule is CC1CNCCO1.O=S(=O)(O)O.[NaH]. The molecule has 1 rings (SSSR count). The fraction of sp³-hybridized carbons (Fsp3) is 1.00. The molecular weight excluding hydrogens is 209 g/mol. The van der Waals surface area contributed by atoms with Crippen molar-refractivity contribution in [3.05, 3.63) is 0 Å². The van der Waals surface area contributed by atoms with E-state index in [-0.39, 0.29) is 29.6 Å². The minimum atomic E-state index is -4.67. The van der Waals surface area contributed by atoms with E-state index < -0.39 is 10.4 Å². The molecule has 0 amide bonds. The van der Waals surface area contributed by atoms with Crippen LogP contribution in [0.1, 0.15) is 6.92 Å². The van der Waals surface area contributed by atoms with E-state index in [9.17, 15) is 0 Å². The zero-order chi connectivity index (χ0) is 9.61. The molecular formula is C5H14NNaO5S. The van der Waals surface area contributed by atoms with Crippen LogP contribution in [0.25, 0.3) is 0 Å². The number of hydrogen-bond acceptors (Lipinski definition) is 4. The Hall–Kier alpha value is 0.790. The third kappa shape index (κ3) is 19.3. The molecule has 3 N–H and O–H groups in total. The molecule has 1 unspecified atom stereocenters. The number of hydrogen-bond donors (Lipinski definition) is 3. The molecule has 1 aliphatic heterocycles. The van der Waals surface area contributed by atoms with Crippen LogP contribution >= 0.6 is 0 Å². The molecule has 1 saturated heterocycles. The Balaban J connectivity index is 0. The molecule has 76 valence electrons. The third-order valence-electron chi connectivity index (χ3n) is 1.11. The van der Waals surface area contributed by atoms with E-state index in [1.54, 1.807) is 0 Å². The van der Waals surface area contributed by atoms with Crippen LogP contribution in [0.2, 0.25) is 0 Å². The number of ether oxygens (including phenoxy) is 1. The average Bonchev–Trinajstić information content (AvgIpc) is 1.85. The quantitative estimate of drug-likeness (QED) is 0.349. The normalized spacial score (nSPS) is 22.2. The van der Waals surface area contributed by atoms with Crippen molar-refractivity contribution >= 4 is 40.0 Å². The Labute approximate surface area is 99.9 Å². The topological polar surface area (TPSA) is 95.9 Å². The number of rotatable bonds is 0. The van der Waals surface area contributed by atoms with E-state index in [1.807, 2.05) is 0 Å². The van der Waals surface area contributed by atoms with Gasteiger partial charge in [-0.25, -0.2) is 0 Å². The van der Waals surface area contributed by atoms with Gasteiger partial charge in [-0.3, -0.25) is 9.11 Å². The molecule has 0 aliphatic carbocycles. The van der Waals surface area contributed by atoms with Crippen LogP contribution in [0.15, 0.2) is 0 Å². The van der Waals surface area contributed by atoms with E-state index in [0.29, 0.717) is 6.10 Å². The fourth-order valence-corrected chi connectivity index (χ4v) is 0.697. The molecule has 6 nitrogen and oxygen atoms in total. The second-order valence-electron chi connectivity index (χ2n) is 2.33. The van der Waals surface area contributed by atoms with Crippen molar-refractivity contribution in [3.63, 3.8) is 0 Å². The van der Waals surface area contributed by atoms with Crippen LogP contribution in [-0.4, -0.2) is 72.9 Å². The first-order chi connectivity index (χ1) is 5.39. The first kappa shape index (κ1) is 16.2. The van der Waals surface area contributed by atoms with Gasteiger partial charge in [-0.1, -0.05) is 0 Å². The fourth-order valence-electron chi connectivity index (χ4n) is 0.697. The van der Waals surface area contributed by atoms with Gasteiger partial charge in [0.2, 0.25) is 0 Å². The zero-order valence-electron chi connectivity index (χ0n) is 6.73. The van der Waals surface area contributed by atoms with E-state index in [0.717, 1.165) is 19.7 Å². The van der Waals surface area contributed by atoms with Crippen molar-refractivity contribution in [2.75, 3.05) is 19.7 Å². The van der Waals surface area contributed by atoms with Crippen LogP contribution in [-0.2, 0) is 15.1 Å². The maximum atomic E-state index is 8.74. The molecule has 1 atom stereocenters. The van der Waals surface area contributed by atoms with Gasteiger partial charge >= 0.3 is 40.0 Å². The minimum absolute atomic E-state index is 0. The van der Waals surface area contributed by atoms with Gasteiger partial charge in [-0.05, 0) is 6.92 Å². The van der Waals surface area contributed by atoms with Crippen molar-refractivity contribution in [3.8, 4) is 0 Å². The predicted octanol–water partition coefficient (Wildman–Crippen LogP) is -1.31. The Morgan fingerprint density at radius 2 is 1.92 bits per heavy atom. The van der Waals surface area contributed by atoms with Gasteiger partial charge in [0, 0.05) is 13.1 Å². The zero-order valence-corrected chi connectivity index (χ0v) is 7.54. The van der Waals surface area contributed by atoms with Gasteiger partial charge in [-0.15, -0.1) is 0 Å². The van der Waals surface area contributed by atoms with Crippen molar-refractivity contribution in [1.29, 1.82) is 0 Å². The van der Waals surface area contributed by atoms with E-state index in [4.69, 9.17) is 22.3 Å². The molecule has 8 heteroatoms. The Kier molecular flexibility index (Phi) is 10.1. The van der Waals surface area contributed by atoms with E-state index in [1.165, 1.54) is 0 Å². The van der Waals surface area contributed by atoms with Gasteiger partial charge in [-0.2, -0.15) is 8.42 Å². The molecule has 13 heavy (non-hydrogen) atoms. The molecule has 0 spiro atoms. The van der Waals surface area contributed by atoms with Crippen molar-refractivity contribution < 1.29 is 22.3 Å². The molecule has 1 aliphatic rings. The van der Waals surface area contributed by atoms with Gasteiger partial charge in [0.05, 0.1) is 12.7 Å². The third-order valence-corrected chi connectivity index (χ3v) is 1.11. The van der Waals surface area contributed by atoms with Crippen LogP contribution in [0, 0.1) is 0 Å². The van der Waals surface area contributed by atoms with Gasteiger partial charge in [0.15, 0.2) is 0 Å². The second kappa shape index (κ2) is 8.13. The Morgan fingerprint density at radius 3 is 2.08 bits per heavy atom. The predicted molar refractivity (Wildman–Crippen MR) is 49.6 cm³/mol. The molecule has 1 heterocycles. The summed E-state index contributed by atoms with van der Waals surface area (Å²) in [5, 5.41) is 3.21. The Bertz CT molecular complexity index is 193. The van der Waals surface area contributed by atoms with Crippen LogP contribution < -0.4 is 5.32 Å². The summed E-state index contributed by atoms with van der Waals surface area (Å²) in [6, 6.07) is 0. The summed E-state index contributed by atoms with van der Waals surface area (Å²) in [7, 11) is -4.67. The summed E-state index contributed by atoms with van der Waals surface area (Å²) in [4.78, 5) is 0. The molecule has 0 saturated carbocycles. The standard InChI is InChI=1S/C5H11NO.Na.H2O4S.H/c1-5-4-6-2-3-7-5;;1-5(2,3)4;/h5-6H,2-4H2,1H3;;(H2,1,2,3,4);. The van der Waals surface area contributed by atoms with Crippen LogP contribution in [0.4, 0.5) is 0 Å². The van der Waals surface area contributed by atoms with E-state index >= 15 is 0 Å². The monoisotopic (exact) mass is 223 g/mol. The van der Waals surface area contributed by atoms with Crippen molar-refractivity contribution in [2.45, 2.75) is 13.0 Å². The number of morpholine rings is 1. The first-order valence-corrected chi connectivity index (χ1v) is 4.81. The molecule has 0 aromatic rings. The second-order valence-corrected chi connectivity index (χ2v) is 3.23. The molecule has 0 radical (unpaired) electrons. The molecule has 1 fully saturated rings.